The summed E-state index contributed by atoms with van der Waals surface area (Å²) in [6.07, 6.45) is 2.12. The Morgan fingerprint density at radius 1 is 0.652 bits per heavy atom. The van der Waals surface area contributed by atoms with E-state index in [1.165, 1.54) is 33.0 Å². The smallest absolute Gasteiger partial charge is 0.135 e. The number of hydrogen-bond acceptors (Lipinski definition) is 1. The van der Waals surface area contributed by atoms with Gasteiger partial charge in [-0.2, -0.15) is 0 Å². The lowest BCUT2D eigenvalue weighted by Crippen LogP contribution is -1.91. The topological polar surface area (TPSA) is 13.1 Å². The van der Waals surface area contributed by atoms with Crippen LogP contribution in [0.4, 0.5) is 0 Å². The van der Waals surface area contributed by atoms with E-state index in [0.29, 0.717) is 0 Å². The summed E-state index contributed by atoms with van der Waals surface area (Å²) in [4.78, 5) is 0. The molecule has 1 heterocycles. The minimum atomic E-state index is 0.974. The van der Waals surface area contributed by atoms with Crippen molar-refractivity contribution in [2.75, 3.05) is 0 Å². The van der Waals surface area contributed by atoms with Crippen molar-refractivity contribution in [3.63, 3.8) is 0 Å². The first-order valence-electron chi connectivity index (χ1n) is 8.16. The van der Waals surface area contributed by atoms with Crippen LogP contribution in [0.15, 0.2) is 65.1 Å². The normalized spacial score (nSPS) is 11.4. The second kappa shape index (κ2) is 5.58. The van der Waals surface area contributed by atoms with Crippen LogP contribution in [0.2, 0.25) is 0 Å². The van der Waals surface area contributed by atoms with Gasteiger partial charge in [0, 0.05) is 10.8 Å². The van der Waals surface area contributed by atoms with Gasteiger partial charge in [0.1, 0.15) is 11.2 Å². The van der Waals surface area contributed by atoms with E-state index in [0.717, 1.165) is 24.0 Å². The highest BCUT2D eigenvalue weighted by atomic mass is 16.3. The van der Waals surface area contributed by atoms with Crippen LogP contribution in [-0.4, -0.2) is 0 Å². The predicted octanol–water partition coefficient (Wildman–Crippen LogP) is 5.99. The predicted molar refractivity (Wildman–Crippen MR) is 97.0 cm³/mol. The molecule has 0 saturated heterocycles. The van der Waals surface area contributed by atoms with E-state index in [9.17, 15) is 0 Å². The summed E-state index contributed by atoms with van der Waals surface area (Å²) in [5.41, 5.74) is 7.31. The van der Waals surface area contributed by atoms with Crippen LogP contribution in [-0.2, 0) is 12.8 Å². The summed E-state index contributed by atoms with van der Waals surface area (Å²) in [6.45, 7) is 4.27. The molecular weight excluding hydrogens is 280 g/mol. The van der Waals surface area contributed by atoms with Crippen molar-refractivity contribution in [1.29, 1.82) is 0 Å². The third kappa shape index (κ3) is 2.75. The zero-order chi connectivity index (χ0) is 15.8. The monoisotopic (exact) mass is 300 g/mol. The summed E-state index contributed by atoms with van der Waals surface area (Å²) >= 11 is 0. The van der Waals surface area contributed by atoms with Crippen LogP contribution in [0.3, 0.4) is 0 Å². The average molecular weight is 300 g/mol. The van der Waals surface area contributed by atoms with E-state index in [1.54, 1.807) is 0 Å². The van der Waals surface area contributed by atoms with Crippen LogP contribution in [0.25, 0.3) is 21.9 Å². The molecule has 0 saturated carbocycles. The summed E-state index contributed by atoms with van der Waals surface area (Å²) in [5.74, 6) is 0. The summed E-state index contributed by atoms with van der Waals surface area (Å²) in [5, 5.41) is 2.45. The molecule has 0 radical (unpaired) electrons. The Balaban J connectivity index is 1.68. The molecule has 0 aliphatic heterocycles. The number of furan rings is 1. The van der Waals surface area contributed by atoms with Crippen LogP contribution in [0, 0.1) is 13.8 Å². The number of aryl methyl sites for hydroxylation is 4. The standard InChI is InChI=1S/C22H20O/c1-15-4-3-5-17(12-15)7-8-18-9-11-22-20(14-18)19-13-16(2)6-10-21(19)23-22/h3-6,9-14H,7-8H2,1-2H3. The molecule has 4 aromatic rings. The van der Waals surface area contributed by atoms with Gasteiger partial charge in [-0.1, -0.05) is 47.5 Å². The zero-order valence-corrected chi connectivity index (χ0v) is 13.6. The molecule has 0 aliphatic rings. The molecule has 1 nitrogen and oxygen atoms in total. The molecule has 0 unspecified atom stereocenters. The second-order valence-electron chi connectivity index (χ2n) is 6.42. The molecule has 114 valence electrons. The lowest BCUT2D eigenvalue weighted by molar-refractivity contribution is 0.668. The molecule has 0 N–H and O–H groups in total. The highest BCUT2D eigenvalue weighted by molar-refractivity contribution is 6.05. The Hall–Kier alpha value is -2.54. The van der Waals surface area contributed by atoms with Crippen LogP contribution >= 0.6 is 0 Å². The lowest BCUT2D eigenvalue weighted by atomic mass is 10.0. The first kappa shape index (κ1) is 14.1. The van der Waals surface area contributed by atoms with Gasteiger partial charge in [0.05, 0.1) is 0 Å². The van der Waals surface area contributed by atoms with Crippen molar-refractivity contribution >= 4 is 21.9 Å². The van der Waals surface area contributed by atoms with Crippen molar-refractivity contribution in [1.82, 2.24) is 0 Å². The Labute approximate surface area is 136 Å². The van der Waals surface area contributed by atoms with E-state index < -0.39 is 0 Å². The first-order chi connectivity index (χ1) is 11.2. The molecule has 1 aromatic heterocycles. The molecule has 23 heavy (non-hydrogen) atoms. The minimum absolute atomic E-state index is 0.974. The first-order valence-corrected chi connectivity index (χ1v) is 8.16. The molecule has 4 rings (SSSR count). The molecule has 0 spiro atoms. The Bertz CT molecular complexity index is 991. The van der Waals surface area contributed by atoms with E-state index in [4.69, 9.17) is 4.42 Å². The number of rotatable bonds is 3. The summed E-state index contributed by atoms with van der Waals surface area (Å²) < 4.78 is 5.94. The summed E-state index contributed by atoms with van der Waals surface area (Å²) in [6, 6.07) is 21.7. The van der Waals surface area contributed by atoms with Crippen molar-refractivity contribution in [3.8, 4) is 0 Å². The van der Waals surface area contributed by atoms with Gasteiger partial charge in [-0.15, -0.1) is 0 Å². The van der Waals surface area contributed by atoms with E-state index in [1.807, 2.05) is 0 Å². The molecule has 3 aromatic carbocycles. The molecule has 0 amide bonds. The molecular formula is C22H20O. The molecule has 0 bridgehead atoms. The van der Waals surface area contributed by atoms with Crippen LogP contribution < -0.4 is 0 Å². The highest BCUT2D eigenvalue weighted by Gasteiger charge is 2.08. The number of benzene rings is 3. The fraction of sp³-hybridized carbons (Fsp3) is 0.182. The molecule has 1 heteroatoms. The fourth-order valence-corrected chi connectivity index (χ4v) is 3.25. The summed E-state index contributed by atoms with van der Waals surface area (Å²) in [7, 11) is 0. The van der Waals surface area contributed by atoms with Crippen molar-refractivity contribution < 1.29 is 4.42 Å². The molecule has 0 aliphatic carbocycles. The molecule has 0 fully saturated rings. The van der Waals surface area contributed by atoms with E-state index >= 15 is 0 Å². The second-order valence-corrected chi connectivity index (χ2v) is 6.42. The quantitative estimate of drug-likeness (QED) is 0.453. The Morgan fingerprint density at radius 3 is 2.09 bits per heavy atom. The maximum absolute atomic E-state index is 5.94. The maximum Gasteiger partial charge on any atom is 0.135 e. The van der Waals surface area contributed by atoms with Gasteiger partial charge < -0.3 is 4.42 Å². The van der Waals surface area contributed by atoms with Gasteiger partial charge in [0.15, 0.2) is 0 Å². The van der Waals surface area contributed by atoms with Gasteiger partial charge in [-0.25, -0.2) is 0 Å². The van der Waals surface area contributed by atoms with Crippen molar-refractivity contribution in [3.05, 3.63) is 82.9 Å². The van der Waals surface area contributed by atoms with Crippen molar-refractivity contribution in [2.24, 2.45) is 0 Å². The SMILES string of the molecule is Cc1cccc(CCc2ccc3oc4ccc(C)cc4c3c2)c1. The van der Waals surface area contributed by atoms with Crippen LogP contribution in [0.1, 0.15) is 22.3 Å². The van der Waals surface area contributed by atoms with Gasteiger partial charge in [-0.3, -0.25) is 0 Å². The maximum atomic E-state index is 5.94. The average Bonchev–Trinajstić information content (AvgIpc) is 2.90. The van der Waals surface area contributed by atoms with E-state index in [-0.39, 0.29) is 0 Å². The van der Waals surface area contributed by atoms with Gasteiger partial charge in [0.25, 0.3) is 0 Å². The van der Waals surface area contributed by atoms with Crippen molar-refractivity contribution in [2.45, 2.75) is 26.7 Å². The third-order valence-electron chi connectivity index (χ3n) is 4.47. The van der Waals surface area contributed by atoms with Gasteiger partial charge >= 0.3 is 0 Å². The van der Waals surface area contributed by atoms with E-state index in [2.05, 4.69) is 74.5 Å². The van der Waals surface area contributed by atoms with Gasteiger partial charge in [0.2, 0.25) is 0 Å². The lowest BCUT2D eigenvalue weighted by Gasteiger charge is -2.04. The third-order valence-corrected chi connectivity index (χ3v) is 4.47. The Kier molecular flexibility index (Phi) is 3.42. The van der Waals surface area contributed by atoms with Crippen LogP contribution in [0.5, 0.6) is 0 Å². The number of hydrogen-bond donors (Lipinski definition) is 0. The number of fused-ring (bicyclic) bond motifs is 3. The fourth-order valence-electron chi connectivity index (χ4n) is 3.25. The molecule has 0 atom stereocenters. The largest absolute Gasteiger partial charge is 0.456 e. The Morgan fingerprint density at radius 2 is 1.30 bits per heavy atom. The minimum Gasteiger partial charge on any atom is -0.456 e. The van der Waals surface area contributed by atoms with Gasteiger partial charge in [-0.05, 0) is 62.1 Å². The highest BCUT2D eigenvalue weighted by Crippen LogP contribution is 2.30. The zero-order valence-electron chi connectivity index (χ0n) is 13.6.